The van der Waals surface area contributed by atoms with Gasteiger partial charge < -0.3 is 5.73 Å². The van der Waals surface area contributed by atoms with Crippen molar-refractivity contribution in [2.75, 3.05) is 6.26 Å². The van der Waals surface area contributed by atoms with Gasteiger partial charge in [0.1, 0.15) is 5.15 Å². The molecule has 0 amide bonds. The zero-order chi connectivity index (χ0) is 11.0. The molecule has 0 radical (unpaired) electrons. The normalized spacial score (nSPS) is 10.7. The van der Waals surface area contributed by atoms with Crippen molar-refractivity contribution < 1.29 is 0 Å². The highest BCUT2D eigenvalue weighted by atomic mass is 35.5. The van der Waals surface area contributed by atoms with Crippen molar-refractivity contribution in [3.05, 3.63) is 29.0 Å². The zero-order valence-electron chi connectivity index (χ0n) is 8.07. The summed E-state index contributed by atoms with van der Waals surface area (Å²) in [6.45, 7) is 2.15. The van der Waals surface area contributed by atoms with Gasteiger partial charge in [0, 0.05) is 11.4 Å². The first kappa shape index (κ1) is 13.1. The van der Waals surface area contributed by atoms with Gasteiger partial charge in [-0.2, -0.15) is 17.0 Å². The molecule has 0 aliphatic rings. The maximum absolute atomic E-state index is 7.10. The summed E-state index contributed by atoms with van der Waals surface area (Å²) in [4.78, 5) is 4.00. The Balaban J connectivity index is 0.000000500. The molecule has 1 heterocycles. The van der Waals surface area contributed by atoms with Crippen molar-refractivity contribution in [1.82, 2.24) is 4.98 Å². The molecule has 5 heteroatoms. The van der Waals surface area contributed by atoms with Gasteiger partial charge in [0.15, 0.2) is 6.19 Å². The molecular weight excluding hydrogens is 218 g/mol. The van der Waals surface area contributed by atoms with Crippen LogP contribution >= 0.6 is 23.4 Å². The van der Waals surface area contributed by atoms with Gasteiger partial charge in [0.2, 0.25) is 0 Å². The average molecular weight is 230 g/mol. The minimum Gasteiger partial charge on any atom is -0.337 e. The topological polar surface area (TPSA) is 62.7 Å². The molecule has 2 N–H and O–H groups in total. The molecule has 0 saturated heterocycles. The highest BCUT2D eigenvalue weighted by Gasteiger charge is 2.02. The number of pyridine rings is 1. The zero-order valence-corrected chi connectivity index (χ0v) is 9.64. The van der Waals surface area contributed by atoms with Crippen LogP contribution in [0.1, 0.15) is 17.7 Å². The number of thioether (sulfide) groups is 1. The number of hydrogen-bond donors (Lipinski definition) is 1. The Morgan fingerprint density at radius 2 is 2.21 bits per heavy atom. The summed E-state index contributed by atoms with van der Waals surface area (Å²) in [6.07, 6.45) is 5.16. The lowest BCUT2D eigenvalue weighted by molar-refractivity contribution is 1.07. The fourth-order valence-corrected chi connectivity index (χ4v) is 1.29. The van der Waals surface area contributed by atoms with E-state index in [4.69, 9.17) is 16.9 Å². The van der Waals surface area contributed by atoms with E-state index in [0.717, 1.165) is 0 Å². The largest absolute Gasteiger partial charge is 0.337 e. The van der Waals surface area contributed by atoms with E-state index in [2.05, 4.69) is 23.9 Å². The Labute approximate surface area is 93.3 Å². The van der Waals surface area contributed by atoms with Crippen LogP contribution in [0.5, 0.6) is 0 Å². The summed E-state index contributed by atoms with van der Waals surface area (Å²) in [5, 5.41) is 8.15. The molecule has 1 aromatic rings. The van der Waals surface area contributed by atoms with Crippen molar-refractivity contribution in [3.8, 4) is 6.19 Å². The van der Waals surface area contributed by atoms with Crippen molar-refractivity contribution >= 4 is 23.4 Å². The molecule has 1 aromatic heterocycles. The predicted molar refractivity (Wildman–Crippen MR) is 61.0 cm³/mol. The lowest BCUT2D eigenvalue weighted by Crippen LogP contribution is -1.87. The Morgan fingerprint density at radius 3 is 2.57 bits per heavy atom. The molecule has 1 unspecified atom stereocenters. The maximum Gasteiger partial charge on any atom is 0.173 e. The number of rotatable bonds is 2. The molecule has 0 spiro atoms. The van der Waals surface area contributed by atoms with Crippen LogP contribution < -0.4 is 5.73 Å². The Bertz CT molecular complexity index is 294. The smallest absolute Gasteiger partial charge is 0.173 e. The van der Waals surface area contributed by atoms with E-state index in [1.165, 1.54) is 11.8 Å². The van der Waals surface area contributed by atoms with Crippen LogP contribution in [0, 0.1) is 11.5 Å². The summed E-state index contributed by atoms with van der Waals surface area (Å²) < 4.78 is 0. The number of nitrogens with two attached hydrogens (primary N) is 1. The molecule has 0 bridgehead atoms. The minimum atomic E-state index is 0.500. The van der Waals surface area contributed by atoms with Crippen molar-refractivity contribution in [2.45, 2.75) is 12.2 Å². The monoisotopic (exact) mass is 229 g/mol. The summed E-state index contributed by atoms with van der Waals surface area (Å²) in [6, 6.07) is 3.83. The number of aromatic nitrogens is 1. The van der Waals surface area contributed by atoms with Gasteiger partial charge in [-0.1, -0.05) is 17.7 Å². The number of nitrogens with zero attached hydrogens (tertiary/aromatic N) is 2. The summed E-state index contributed by atoms with van der Waals surface area (Å²) in [5.41, 5.74) is 5.38. The molecule has 0 aliphatic carbocycles. The first-order valence-electron chi connectivity index (χ1n) is 3.89. The van der Waals surface area contributed by atoms with Crippen molar-refractivity contribution in [1.29, 1.82) is 5.26 Å². The number of nitriles is 1. The van der Waals surface area contributed by atoms with E-state index in [1.807, 2.05) is 18.3 Å². The van der Waals surface area contributed by atoms with Gasteiger partial charge in [-0.25, -0.2) is 4.98 Å². The Morgan fingerprint density at radius 1 is 1.64 bits per heavy atom. The Kier molecular flexibility index (Phi) is 6.99. The third-order valence-electron chi connectivity index (χ3n) is 1.57. The molecule has 0 aromatic carbocycles. The second kappa shape index (κ2) is 7.48. The van der Waals surface area contributed by atoms with Crippen LogP contribution in [0.25, 0.3) is 0 Å². The van der Waals surface area contributed by atoms with E-state index >= 15 is 0 Å². The molecular formula is C9H12ClN3S. The second-order valence-corrected chi connectivity index (χ2v) is 3.99. The fourth-order valence-electron chi connectivity index (χ4n) is 0.764. The second-order valence-electron chi connectivity index (χ2n) is 2.42. The molecule has 1 atom stereocenters. The van der Waals surface area contributed by atoms with Crippen LogP contribution in [-0.2, 0) is 0 Å². The quantitative estimate of drug-likeness (QED) is 0.481. The van der Waals surface area contributed by atoms with Crippen LogP contribution in [0.15, 0.2) is 18.3 Å². The summed E-state index contributed by atoms with van der Waals surface area (Å²) >= 11 is 7.44. The highest BCUT2D eigenvalue weighted by molar-refractivity contribution is 7.98. The van der Waals surface area contributed by atoms with Gasteiger partial charge in [0.25, 0.3) is 0 Å². The molecule has 76 valence electrons. The molecule has 0 saturated carbocycles. The van der Waals surface area contributed by atoms with Gasteiger partial charge in [-0.3, -0.25) is 0 Å². The number of hydrogen-bond acceptors (Lipinski definition) is 4. The lowest BCUT2D eigenvalue weighted by atomic mass is 10.2. The van der Waals surface area contributed by atoms with Gasteiger partial charge >= 0.3 is 0 Å². The van der Waals surface area contributed by atoms with Crippen molar-refractivity contribution in [2.24, 2.45) is 5.73 Å². The third-order valence-corrected chi connectivity index (χ3v) is 2.78. The first-order valence-corrected chi connectivity index (χ1v) is 5.56. The molecule has 1 rings (SSSR count). The number of halogens is 1. The predicted octanol–water partition coefficient (Wildman–Crippen LogP) is 2.59. The van der Waals surface area contributed by atoms with Crippen LogP contribution in [0.4, 0.5) is 0 Å². The first-order chi connectivity index (χ1) is 6.65. The van der Waals surface area contributed by atoms with Crippen LogP contribution in [-0.4, -0.2) is 11.2 Å². The minimum absolute atomic E-state index is 0.500. The van der Waals surface area contributed by atoms with E-state index in [-0.39, 0.29) is 0 Å². The van der Waals surface area contributed by atoms with Crippen molar-refractivity contribution in [3.63, 3.8) is 0 Å². The van der Waals surface area contributed by atoms with E-state index in [1.54, 1.807) is 11.8 Å². The highest BCUT2D eigenvalue weighted by Crippen LogP contribution is 2.25. The molecule has 0 fully saturated rings. The molecule has 3 nitrogen and oxygen atoms in total. The third kappa shape index (κ3) is 4.95. The van der Waals surface area contributed by atoms with Gasteiger partial charge in [0.05, 0.1) is 0 Å². The Hall–Kier alpha value is -0.920. The SMILES string of the molecule is CSC(C)c1ccc(Cl)nc1.N#CN. The van der Waals surface area contributed by atoms with Gasteiger partial charge in [-0.15, -0.1) is 0 Å². The van der Waals surface area contributed by atoms with Crippen LogP contribution in [0.2, 0.25) is 5.15 Å². The van der Waals surface area contributed by atoms with Gasteiger partial charge in [-0.05, 0) is 24.8 Å². The average Bonchev–Trinajstić information content (AvgIpc) is 2.19. The molecule has 0 aliphatic heterocycles. The standard InChI is InChI=1S/C8H10ClNS.CH2N2/c1-6(11-2)7-3-4-8(9)10-5-7;2-1-3/h3-6H,1-2H3;2H2. The maximum atomic E-state index is 7.10. The van der Waals surface area contributed by atoms with E-state index in [0.29, 0.717) is 10.4 Å². The fraction of sp³-hybridized carbons (Fsp3) is 0.333. The molecule has 14 heavy (non-hydrogen) atoms. The van der Waals surface area contributed by atoms with E-state index < -0.39 is 0 Å². The lowest BCUT2D eigenvalue weighted by Gasteiger charge is -2.06. The summed E-state index contributed by atoms with van der Waals surface area (Å²) in [7, 11) is 0. The van der Waals surface area contributed by atoms with E-state index in [9.17, 15) is 0 Å². The summed E-state index contributed by atoms with van der Waals surface area (Å²) in [5.74, 6) is 0. The van der Waals surface area contributed by atoms with Crippen LogP contribution in [0.3, 0.4) is 0 Å².